The van der Waals surface area contributed by atoms with Crippen molar-refractivity contribution in [3.8, 4) is 0 Å². The number of carboxylic acids is 1. The van der Waals surface area contributed by atoms with Crippen LogP contribution in [0.2, 0.25) is 0 Å². The lowest BCUT2D eigenvalue weighted by Crippen LogP contribution is -2.18. The van der Waals surface area contributed by atoms with E-state index in [2.05, 4.69) is 19.1 Å². The number of rotatable bonds is 11. The van der Waals surface area contributed by atoms with Gasteiger partial charge in [0.15, 0.2) is 0 Å². The summed E-state index contributed by atoms with van der Waals surface area (Å²) in [5.74, 6) is 0.614. The quantitative estimate of drug-likeness (QED) is 0.426. The van der Waals surface area contributed by atoms with Gasteiger partial charge in [-0.15, -0.1) is 0 Å². The lowest BCUT2D eigenvalue weighted by atomic mass is 9.90. The first kappa shape index (κ1) is 21.0. The second-order valence-corrected chi connectivity index (χ2v) is 7.52. The van der Waals surface area contributed by atoms with E-state index in [0.717, 1.165) is 31.4 Å². The Balaban J connectivity index is 1.86. The summed E-state index contributed by atoms with van der Waals surface area (Å²) in [6.45, 7) is 2.19. The highest BCUT2D eigenvalue weighted by Crippen LogP contribution is 2.45. The van der Waals surface area contributed by atoms with Crippen LogP contribution in [0.25, 0.3) is 0 Å². The molecule has 1 saturated carbocycles. The van der Waals surface area contributed by atoms with Crippen molar-refractivity contribution >= 4 is 5.97 Å². The summed E-state index contributed by atoms with van der Waals surface area (Å²) in [6, 6.07) is 0. The van der Waals surface area contributed by atoms with Gasteiger partial charge in [-0.2, -0.15) is 0 Å². The maximum Gasteiger partial charge on any atom is 0.303 e. The molecule has 0 bridgehead atoms. The Morgan fingerprint density at radius 3 is 2.88 bits per heavy atom. The highest BCUT2D eigenvalue weighted by molar-refractivity contribution is 5.66. The normalized spacial score (nSPS) is 30.7. The Hall–Kier alpha value is -1.33. The van der Waals surface area contributed by atoms with Crippen molar-refractivity contribution in [3.05, 3.63) is 24.0 Å². The molecule has 5 heteroatoms. The van der Waals surface area contributed by atoms with Gasteiger partial charge in [0.05, 0.1) is 18.0 Å². The van der Waals surface area contributed by atoms with Gasteiger partial charge < -0.3 is 19.7 Å². The van der Waals surface area contributed by atoms with Crippen molar-refractivity contribution in [2.75, 3.05) is 7.11 Å². The second kappa shape index (κ2) is 10.7. The van der Waals surface area contributed by atoms with E-state index < -0.39 is 5.97 Å². The third kappa shape index (κ3) is 6.13. The predicted molar refractivity (Wildman–Crippen MR) is 101 cm³/mol. The molecule has 0 aromatic heterocycles. The van der Waals surface area contributed by atoms with E-state index in [9.17, 15) is 9.90 Å². The minimum absolute atomic E-state index is 0.0754. The van der Waals surface area contributed by atoms with Crippen molar-refractivity contribution in [3.63, 3.8) is 0 Å². The van der Waals surface area contributed by atoms with E-state index in [-0.39, 0.29) is 30.7 Å². The lowest BCUT2D eigenvalue weighted by Gasteiger charge is -2.17. The van der Waals surface area contributed by atoms with Gasteiger partial charge in [-0.1, -0.05) is 38.3 Å². The van der Waals surface area contributed by atoms with Crippen LogP contribution >= 0.6 is 0 Å². The summed E-state index contributed by atoms with van der Waals surface area (Å²) >= 11 is 0. The van der Waals surface area contributed by atoms with Crippen LogP contribution in [0.15, 0.2) is 24.0 Å². The molecule has 2 aliphatic rings. The molecule has 0 aromatic rings. The molecular weight excluding hydrogens is 332 g/mol. The fraction of sp³-hybridized carbons (Fsp3) is 0.762. The molecule has 26 heavy (non-hydrogen) atoms. The molecule has 5 atom stereocenters. The molecule has 1 aliphatic heterocycles. The number of allylic oxidation sites excluding steroid dienone is 2. The first-order valence-corrected chi connectivity index (χ1v) is 10.0. The molecule has 1 heterocycles. The number of ether oxygens (including phenoxy) is 2. The number of unbranched alkanes of at least 4 members (excludes halogenated alkanes) is 3. The summed E-state index contributed by atoms with van der Waals surface area (Å²) in [6.07, 6.45) is 13.7. The number of aliphatic hydroxyl groups is 1. The van der Waals surface area contributed by atoms with E-state index >= 15 is 0 Å². The van der Waals surface area contributed by atoms with Gasteiger partial charge in [0.1, 0.15) is 6.10 Å². The van der Waals surface area contributed by atoms with Crippen LogP contribution in [0, 0.1) is 11.8 Å². The standard InChI is InChI=1S/C21H34O5/c1-3-4-5-8-15(25-2)11-12-17-18-13-16(9-6-7-10-21(23)24)26-20(18)14-19(17)22/h9,11-12,15,17-20,22H,3-8,10,13-14H2,1-2H3,(H,23,24)/b12-11+,16-9-/t15-,17+,18+,19+,20+/m0/s1. The van der Waals surface area contributed by atoms with Crippen LogP contribution < -0.4 is 0 Å². The molecular formula is C21H34O5. The van der Waals surface area contributed by atoms with Gasteiger partial charge in [0.25, 0.3) is 0 Å². The van der Waals surface area contributed by atoms with Gasteiger partial charge in [-0.3, -0.25) is 4.79 Å². The fourth-order valence-corrected chi connectivity index (χ4v) is 4.04. The van der Waals surface area contributed by atoms with Gasteiger partial charge >= 0.3 is 5.97 Å². The molecule has 0 spiro atoms. The minimum atomic E-state index is -0.757. The van der Waals surface area contributed by atoms with Crippen LogP contribution in [0.5, 0.6) is 0 Å². The number of hydrogen-bond donors (Lipinski definition) is 2. The summed E-state index contributed by atoms with van der Waals surface area (Å²) in [7, 11) is 1.74. The molecule has 5 nitrogen and oxygen atoms in total. The van der Waals surface area contributed by atoms with Crippen LogP contribution in [-0.4, -0.2) is 41.6 Å². The monoisotopic (exact) mass is 366 g/mol. The molecule has 0 unspecified atom stereocenters. The van der Waals surface area contributed by atoms with Gasteiger partial charge in [0, 0.05) is 38.2 Å². The first-order valence-electron chi connectivity index (χ1n) is 10.0. The van der Waals surface area contributed by atoms with Crippen molar-refractivity contribution in [1.29, 1.82) is 0 Å². The molecule has 0 radical (unpaired) electrons. The Bertz CT molecular complexity index is 499. The summed E-state index contributed by atoms with van der Waals surface area (Å²) in [5, 5.41) is 19.1. The van der Waals surface area contributed by atoms with E-state index in [4.69, 9.17) is 14.6 Å². The van der Waals surface area contributed by atoms with Crippen molar-refractivity contribution in [1.82, 2.24) is 0 Å². The molecule has 1 aliphatic carbocycles. The van der Waals surface area contributed by atoms with Crippen LogP contribution in [0.4, 0.5) is 0 Å². The Kier molecular flexibility index (Phi) is 8.66. The van der Waals surface area contributed by atoms with Crippen LogP contribution in [-0.2, 0) is 14.3 Å². The lowest BCUT2D eigenvalue weighted by molar-refractivity contribution is -0.137. The van der Waals surface area contributed by atoms with Crippen molar-refractivity contribution < 1.29 is 24.5 Å². The highest BCUT2D eigenvalue weighted by atomic mass is 16.5. The number of aliphatic carboxylic acids is 1. The highest BCUT2D eigenvalue weighted by Gasteiger charge is 2.46. The summed E-state index contributed by atoms with van der Waals surface area (Å²) in [4.78, 5) is 10.6. The molecule has 1 saturated heterocycles. The number of methoxy groups -OCH3 is 1. The zero-order chi connectivity index (χ0) is 18.9. The average molecular weight is 366 g/mol. The van der Waals surface area contributed by atoms with Crippen LogP contribution in [0.3, 0.4) is 0 Å². The summed E-state index contributed by atoms with van der Waals surface area (Å²) in [5.41, 5.74) is 0. The largest absolute Gasteiger partial charge is 0.495 e. The number of carboxylic acid groups (broad SMARTS) is 1. The maximum absolute atomic E-state index is 10.6. The first-order chi connectivity index (χ1) is 12.5. The minimum Gasteiger partial charge on any atom is -0.495 e. The van der Waals surface area contributed by atoms with E-state index in [1.807, 2.05) is 6.08 Å². The third-order valence-corrected chi connectivity index (χ3v) is 5.54. The number of aliphatic hydroxyl groups excluding tert-OH is 1. The molecule has 2 fully saturated rings. The molecule has 2 N–H and O–H groups in total. The smallest absolute Gasteiger partial charge is 0.303 e. The zero-order valence-corrected chi connectivity index (χ0v) is 16.1. The number of fused-ring (bicyclic) bond motifs is 1. The van der Waals surface area contributed by atoms with Gasteiger partial charge in [-0.05, 0) is 25.3 Å². The zero-order valence-electron chi connectivity index (χ0n) is 16.1. The SMILES string of the molecule is CCCCC[C@@H](/C=C/[C@@H]1[C@H]2C/C(=C/CCCC(=O)O)O[C@@H]2C[C@H]1O)OC. The van der Waals surface area contributed by atoms with E-state index in [0.29, 0.717) is 18.8 Å². The third-order valence-electron chi connectivity index (χ3n) is 5.54. The Morgan fingerprint density at radius 1 is 1.38 bits per heavy atom. The topological polar surface area (TPSA) is 76.0 Å². The fourth-order valence-electron chi connectivity index (χ4n) is 4.04. The number of hydrogen-bond acceptors (Lipinski definition) is 4. The predicted octanol–water partition coefficient (Wildman–Crippen LogP) is 4.06. The average Bonchev–Trinajstić information content (AvgIpc) is 3.11. The summed E-state index contributed by atoms with van der Waals surface area (Å²) < 4.78 is 11.5. The molecule has 148 valence electrons. The molecule has 2 rings (SSSR count). The Morgan fingerprint density at radius 2 is 2.19 bits per heavy atom. The van der Waals surface area contributed by atoms with Crippen molar-refractivity contribution in [2.24, 2.45) is 11.8 Å². The number of carbonyl (C=O) groups is 1. The van der Waals surface area contributed by atoms with E-state index in [1.54, 1.807) is 7.11 Å². The van der Waals surface area contributed by atoms with Gasteiger partial charge in [0.2, 0.25) is 0 Å². The van der Waals surface area contributed by atoms with Crippen LogP contribution in [0.1, 0.15) is 64.7 Å². The van der Waals surface area contributed by atoms with Crippen molar-refractivity contribution in [2.45, 2.75) is 83.0 Å². The maximum atomic E-state index is 10.6. The molecule has 0 aromatic carbocycles. The molecule has 0 amide bonds. The van der Waals surface area contributed by atoms with Gasteiger partial charge in [-0.25, -0.2) is 0 Å². The van der Waals surface area contributed by atoms with E-state index in [1.165, 1.54) is 12.8 Å². The Labute approximate surface area is 157 Å². The second-order valence-electron chi connectivity index (χ2n) is 7.52.